The Balaban J connectivity index is 1.73. The zero-order valence-corrected chi connectivity index (χ0v) is 18.0. The molecule has 1 unspecified atom stereocenters. The highest BCUT2D eigenvalue weighted by atomic mass is 16.5. The summed E-state index contributed by atoms with van der Waals surface area (Å²) in [6, 6.07) is 12.2. The molecule has 1 heterocycles. The molecule has 0 bridgehead atoms. The summed E-state index contributed by atoms with van der Waals surface area (Å²) in [7, 11) is 0. The van der Waals surface area contributed by atoms with Crippen molar-refractivity contribution in [3.8, 4) is 22.8 Å². The van der Waals surface area contributed by atoms with Crippen LogP contribution in [-0.4, -0.2) is 18.2 Å². The van der Waals surface area contributed by atoms with Gasteiger partial charge in [0.25, 0.3) is 0 Å². The van der Waals surface area contributed by atoms with Gasteiger partial charge in [0.05, 0.1) is 25.1 Å². The number of benzene rings is 1. The molecule has 0 N–H and O–H groups in total. The van der Waals surface area contributed by atoms with Crippen LogP contribution < -0.4 is 9.47 Å². The molecular weight excluding hydrogens is 346 g/mol. The maximum Gasteiger partial charge on any atom is 0.137 e. The molecule has 0 fully saturated rings. The average molecular weight is 384 g/mol. The van der Waals surface area contributed by atoms with Crippen LogP contribution in [0.4, 0.5) is 0 Å². The second-order valence-corrected chi connectivity index (χ2v) is 7.67. The highest BCUT2D eigenvalue weighted by molar-refractivity contribution is 5.60. The smallest absolute Gasteiger partial charge is 0.137 e. The van der Waals surface area contributed by atoms with Gasteiger partial charge in [-0.2, -0.15) is 0 Å². The first-order valence-corrected chi connectivity index (χ1v) is 11.0. The van der Waals surface area contributed by atoms with Crippen molar-refractivity contribution in [1.29, 1.82) is 0 Å². The predicted molar refractivity (Wildman–Crippen MR) is 118 cm³/mol. The fourth-order valence-electron chi connectivity index (χ4n) is 3.01. The minimum atomic E-state index is 0.713. The van der Waals surface area contributed by atoms with Crippen molar-refractivity contribution in [3.05, 3.63) is 42.6 Å². The van der Waals surface area contributed by atoms with E-state index in [9.17, 15) is 0 Å². The number of ether oxygens (including phenoxy) is 2. The second-order valence-electron chi connectivity index (χ2n) is 7.67. The van der Waals surface area contributed by atoms with Gasteiger partial charge in [0.1, 0.15) is 11.5 Å². The standard InChI is InChI=1S/C25H37NO2/c1-4-6-7-8-9-10-18-27-24-15-16-25(26-20-24)22-11-13-23(14-12-22)28-19-17-21(3)5-2/h11-16,20-21H,4-10,17-19H2,1-3H3. The molecule has 28 heavy (non-hydrogen) atoms. The SMILES string of the molecule is CCCCCCCCOc1ccc(-c2ccc(OCCC(C)CC)cc2)nc1. The number of rotatable bonds is 14. The first kappa shape index (κ1) is 22.3. The molecule has 0 spiro atoms. The monoisotopic (exact) mass is 383 g/mol. The van der Waals surface area contributed by atoms with Crippen LogP contribution in [0.5, 0.6) is 11.5 Å². The van der Waals surface area contributed by atoms with Crippen LogP contribution in [0.25, 0.3) is 11.3 Å². The predicted octanol–water partition coefficient (Wildman–Crippen LogP) is 7.30. The lowest BCUT2D eigenvalue weighted by Gasteiger charge is -2.10. The van der Waals surface area contributed by atoms with Crippen molar-refractivity contribution in [2.75, 3.05) is 13.2 Å². The Morgan fingerprint density at radius 1 is 0.786 bits per heavy atom. The van der Waals surface area contributed by atoms with Crippen molar-refractivity contribution in [3.63, 3.8) is 0 Å². The molecule has 2 rings (SSSR count). The van der Waals surface area contributed by atoms with E-state index in [0.29, 0.717) is 5.92 Å². The Kier molecular flexibility index (Phi) is 10.5. The zero-order chi connectivity index (χ0) is 20.0. The van der Waals surface area contributed by atoms with Crippen LogP contribution in [0.15, 0.2) is 42.6 Å². The Labute approximate surface area is 171 Å². The number of unbranched alkanes of at least 4 members (excludes halogenated alkanes) is 5. The normalized spacial score (nSPS) is 12.0. The summed E-state index contributed by atoms with van der Waals surface area (Å²) in [5, 5.41) is 0. The summed E-state index contributed by atoms with van der Waals surface area (Å²) in [5.74, 6) is 2.48. The fourth-order valence-corrected chi connectivity index (χ4v) is 3.01. The van der Waals surface area contributed by atoms with Crippen LogP contribution >= 0.6 is 0 Å². The van der Waals surface area contributed by atoms with Gasteiger partial charge in [-0.25, -0.2) is 0 Å². The van der Waals surface area contributed by atoms with Gasteiger partial charge in [-0.05, 0) is 55.2 Å². The molecule has 0 aliphatic rings. The third kappa shape index (κ3) is 8.33. The van der Waals surface area contributed by atoms with E-state index in [1.807, 2.05) is 30.5 Å². The molecule has 0 aliphatic heterocycles. The molecule has 0 saturated carbocycles. The molecule has 0 amide bonds. The van der Waals surface area contributed by atoms with Gasteiger partial charge in [0.2, 0.25) is 0 Å². The summed E-state index contributed by atoms with van der Waals surface area (Å²) in [4.78, 5) is 4.55. The summed E-state index contributed by atoms with van der Waals surface area (Å²) < 4.78 is 11.6. The average Bonchev–Trinajstić information content (AvgIpc) is 2.74. The Hall–Kier alpha value is -2.03. The van der Waals surface area contributed by atoms with Gasteiger partial charge in [0.15, 0.2) is 0 Å². The van der Waals surface area contributed by atoms with Crippen molar-refractivity contribution >= 4 is 0 Å². The third-order valence-corrected chi connectivity index (χ3v) is 5.23. The van der Waals surface area contributed by atoms with Gasteiger partial charge in [-0.1, -0.05) is 59.3 Å². The maximum atomic E-state index is 5.83. The second kappa shape index (κ2) is 13.2. The van der Waals surface area contributed by atoms with Gasteiger partial charge in [-0.3, -0.25) is 4.98 Å². The Morgan fingerprint density at radius 2 is 1.46 bits per heavy atom. The minimum absolute atomic E-state index is 0.713. The maximum absolute atomic E-state index is 5.83. The van der Waals surface area contributed by atoms with Gasteiger partial charge in [0, 0.05) is 5.56 Å². The van der Waals surface area contributed by atoms with E-state index in [2.05, 4.69) is 37.9 Å². The van der Waals surface area contributed by atoms with Gasteiger partial charge in [-0.15, -0.1) is 0 Å². The van der Waals surface area contributed by atoms with Crippen LogP contribution in [0, 0.1) is 5.92 Å². The lowest BCUT2D eigenvalue weighted by molar-refractivity contribution is 0.282. The van der Waals surface area contributed by atoms with Crippen LogP contribution in [-0.2, 0) is 0 Å². The van der Waals surface area contributed by atoms with E-state index in [0.717, 1.165) is 48.8 Å². The largest absolute Gasteiger partial charge is 0.494 e. The topological polar surface area (TPSA) is 31.4 Å². The molecule has 0 radical (unpaired) electrons. The molecule has 3 nitrogen and oxygen atoms in total. The zero-order valence-electron chi connectivity index (χ0n) is 18.0. The van der Waals surface area contributed by atoms with E-state index >= 15 is 0 Å². The van der Waals surface area contributed by atoms with Crippen LogP contribution in [0.2, 0.25) is 0 Å². The van der Waals surface area contributed by atoms with Gasteiger partial charge < -0.3 is 9.47 Å². The Morgan fingerprint density at radius 3 is 2.14 bits per heavy atom. The first-order valence-electron chi connectivity index (χ1n) is 11.0. The molecule has 1 atom stereocenters. The highest BCUT2D eigenvalue weighted by Crippen LogP contribution is 2.23. The van der Waals surface area contributed by atoms with E-state index in [1.165, 1.54) is 38.5 Å². The van der Waals surface area contributed by atoms with Gasteiger partial charge >= 0.3 is 0 Å². The fraction of sp³-hybridized carbons (Fsp3) is 0.560. The number of hydrogen-bond donors (Lipinski definition) is 0. The van der Waals surface area contributed by atoms with E-state index in [-0.39, 0.29) is 0 Å². The van der Waals surface area contributed by atoms with E-state index in [4.69, 9.17) is 9.47 Å². The molecule has 1 aromatic carbocycles. The highest BCUT2D eigenvalue weighted by Gasteiger charge is 2.03. The third-order valence-electron chi connectivity index (χ3n) is 5.23. The number of aromatic nitrogens is 1. The van der Waals surface area contributed by atoms with Crippen molar-refractivity contribution < 1.29 is 9.47 Å². The molecule has 154 valence electrons. The number of pyridine rings is 1. The molecule has 1 aromatic heterocycles. The first-order chi connectivity index (χ1) is 13.7. The summed E-state index contributed by atoms with van der Waals surface area (Å²) >= 11 is 0. The van der Waals surface area contributed by atoms with E-state index in [1.54, 1.807) is 0 Å². The molecule has 0 saturated heterocycles. The quantitative estimate of drug-likeness (QED) is 0.321. The van der Waals surface area contributed by atoms with Crippen molar-refractivity contribution in [2.24, 2.45) is 5.92 Å². The van der Waals surface area contributed by atoms with Crippen LogP contribution in [0.3, 0.4) is 0 Å². The summed E-state index contributed by atoms with van der Waals surface area (Å²) in [6.07, 6.45) is 11.8. The van der Waals surface area contributed by atoms with Crippen LogP contribution in [0.1, 0.15) is 72.1 Å². The minimum Gasteiger partial charge on any atom is -0.494 e. The van der Waals surface area contributed by atoms with Crippen molar-refractivity contribution in [1.82, 2.24) is 4.98 Å². The number of nitrogens with zero attached hydrogens (tertiary/aromatic N) is 1. The molecule has 2 aromatic rings. The molecule has 0 aliphatic carbocycles. The lowest BCUT2D eigenvalue weighted by Crippen LogP contribution is -2.03. The lowest BCUT2D eigenvalue weighted by atomic mass is 10.1. The molecule has 3 heteroatoms. The summed E-state index contributed by atoms with van der Waals surface area (Å²) in [6.45, 7) is 8.28. The Bertz CT molecular complexity index is 637. The number of hydrogen-bond acceptors (Lipinski definition) is 3. The van der Waals surface area contributed by atoms with Crippen molar-refractivity contribution in [2.45, 2.75) is 72.1 Å². The summed E-state index contributed by atoms with van der Waals surface area (Å²) in [5.41, 5.74) is 2.05. The van der Waals surface area contributed by atoms with E-state index < -0.39 is 0 Å². The molecular formula is C25H37NO2.